The third-order valence-corrected chi connectivity index (χ3v) is 6.44. The van der Waals surface area contributed by atoms with Crippen LogP contribution in [0.4, 0.5) is 29.2 Å². The highest BCUT2D eigenvalue weighted by molar-refractivity contribution is 5.75. The number of ether oxygens (including phenoxy) is 1. The van der Waals surface area contributed by atoms with Crippen molar-refractivity contribution < 1.29 is 27.1 Å². The van der Waals surface area contributed by atoms with E-state index in [0.717, 1.165) is 38.1 Å². The first-order valence-corrected chi connectivity index (χ1v) is 11.5. The lowest BCUT2D eigenvalue weighted by Crippen LogP contribution is -2.41. The molecule has 3 heterocycles. The highest BCUT2D eigenvalue weighted by Gasteiger charge is 2.32. The van der Waals surface area contributed by atoms with Crippen LogP contribution in [0.25, 0.3) is 0 Å². The van der Waals surface area contributed by atoms with Gasteiger partial charge in [-0.3, -0.25) is 9.69 Å². The number of carbonyl (C=O) groups is 1. The number of aromatic nitrogens is 2. The molecule has 0 spiro atoms. The number of nitrogens with zero attached hydrogens (tertiary/aromatic N) is 4. The molecule has 8 nitrogen and oxygen atoms in total. The summed E-state index contributed by atoms with van der Waals surface area (Å²) in [5, 5.41) is 3.08. The molecular formula is C23H28F4N6O2. The third-order valence-electron chi connectivity index (χ3n) is 6.44. The van der Waals surface area contributed by atoms with E-state index in [9.17, 15) is 18.0 Å². The zero-order valence-electron chi connectivity index (χ0n) is 19.1. The fourth-order valence-corrected chi connectivity index (χ4v) is 4.52. The van der Waals surface area contributed by atoms with Crippen LogP contribution in [0.2, 0.25) is 0 Å². The Balaban J connectivity index is 1.44. The predicted octanol–water partition coefficient (Wildman–Crippen LogP) is 2.82. The molecule has 0 aliphatic carbocycles. The van der Waals surface area contributed by atoms with Gasteiger partial charge in [0.25, 0.3) is 0 Å². The van der Waals surface area contributed by atoms with E-state index in [-0.39, 0.29) is 30.7 Å². The van der Waals surface area contributed by atoms with Gasteiger partial charge in [0, 0.05) is 13.1 Å². The largest absolute Gasteiger partial charge is 0.416 e. The van der Waals surface area contributed by atoms with Gasteiger partial charge < -0.3 is 20.7 Å². The monoisotopic (exact) mass is 496 g/mol. The highest BCUT2D eigenvalue weighted by atomic mass is 19.4. The van der Waals surface area contributed by atoms with Gasteiger partial charge in [-0.1, -0.05) is 12.1 Å². The fraction of sp³-hybridized carbons (Fsp3) is 0.522. The van der Waals surface area contributed by atoms with Crippen molar-refractivity contribution in [2.24, 2.45) is 11.7 Å². The molecule has 35 heavy (non-hydrogen) atoms. The van der Waals surface area contributed by atoms with Crippen molar-refractivity contribution in [3.63, 3.8) is 0 Å². The molecule has 4 rings (SSSR count). The van der Waals surface area contributed by atoms with Gasteiger partial charge in [-0.15, -0.1) is 0 Å². The minimum Gasteiger partial charge on any atom is -0.377 e. The van der Waals surface area contributed by atoms with Crippen molar-refractivity contribution in [3.05, 3.63) is 47.5 Å². The number of rotatable bonds is 7. The van der Waals surface area contributed by atoms with Crippen LogP contribution in [0.3, 0.4) is 0 Å². The summed E-state index contributed by atoms with van der Waals surface area (Å²) in [6, 6.07) is 4.31. The van der Waals surface area contributed by atoms with Gasteiger partial charge in [-0.05, 0) is 49.5 Å². The number of alkyl halides is 3. The molecule has 2 aliphatic rings. The van der Waals surface area contributed by atoms with E-state index in [4.69, 9.17) is 10.5 Å². The molecule has 0 unspecified atom stereocenters. The van der Waals surface area contributed by atoms with Crippen LogP contribution in [0.1, 0.15) is 30.0 Å². The average Bonchev–Trinajstić information content (AvgIpc) is 2.84. The molecule has 2 aromatic rings. The molecule has 2 aliphatic heterocycles. The summed E-state index contributed by atoms with van der Waals surface area (Å²) in [6.07, 6.45) is -1.47. The molecule has 0 radical (unpaired) electrons. The van der Waals surface area contributed by atoms with Crippen molar-refractivity contribution in [2.75, 3.05) is 56.2 Å². The Bertz CT molecular complexity index is 1010. The Morgan fingerprint density at radius 3 is 2.51 bits per heavy atom. The van der Waals surface area contributed by atoms with Crippen LogP contribution in [0.15, 0.2) is 30.6 Å². The quantitative estimate of drug-likeness (QED) is 0.569. The number of hydrogen-bond acceptors (Lipinski definition) is 7. The second-order valence-electron chi connectivity index (χ2n) is 8.83. The van der Waals surface area contributed by atoms with E-state index in [2.05, 4.69) is 15.3 Å². The predicted molar refractivity (Wildman–Crippen MR) is 121 cm³/mol. The van der Waals surface area contributed by atoms with Crippen molar-refractivity contribution in [2.45, 2.75) is 25.1 Å². The molecule has 0 saturated carbocycles. The lowest BCUT2D eigenvalue weighted by atomic mass is 9.97. The van der Waals surface area contributed by atoms with Crippen molar-refractivity contribution in [1.82, 2.24) is 14.9 Å². The number of anilines is 2. The van der Waals surface area contributed by atoms with E-state index in [1.165, 1.54) is 18.5 Å². The zero-order chi connectivity index (χ0) is 25.0. The maximum absolute atomic E-state index is 15.4. The van der Waals surface area contributed by atoms with Gasteiger partial charge in [0.1, 0.15) is 6.33 Å². The molecule has 2 saturated heterocycles. The number of piperidine rings is 1. The minimum absolute atomic E-state index is 0.0759. The number of nitrogens with one attached hydrogen (secondary N) is 1. The van der Waals surface area contributed by atoms with Crippen LogP contribution >= 0.6 is 0 Å². The number of benzene rings is 1. The molecule has 0 bridgehead atoms. The summed E-state index contributed by atoms with van der Waals surface area (Å²) < 4.78 is 59.8. The number of nitrogens with two attached hydrogens (primary N) is 1. The Morgan fingerprint density at radius 1 is 1.14 bits per heavy atom. The average molecular weight is 497 g/mol. The van der Waals surface area contributed by atoms with E-state index < -0.39 is 23.6 Å². The van der Waals surface area contributed by atoms with Gasteiger partial charge in [-0.2, -0.15) is 17.6 Å². The number of halogens is 4. The van der Waals surface area contributed by atoms with Crippen molar-refractivity contribution in [3.8, 4) is 0 Å². The van der Waals surface area contributed by atoms with E-state index in [0.29, 0.717) is 31.2 Å². The molecule has 1 atom stereocenters. The number of carbonyl (C=O) groups excluding carboxylic acids is 1. The fourth-order valence-electron chi connectivity index (χ4n) is 4.52. The first-order chi connectivity index (χ1) is 16.7. The lowest BCUT2D eigenvalue weighted by Gasteiger charge is -2.37. The summed E-state index contributed by atoms with van der Waals surface area (Å²) in [7, 11) is 0. The van der Waals surface area contributed by atoms with Crippen LogP contribution in [0, 0.1) is 11.7 Å². The number of amides is 1. The van der Waals surface area contributed by atoms with Crippen LogP contribution in [0.5, 0.6) is 0 Å². The van der Waals surface area contributed by atoms with Gasteiger partial charge in [-0.25, -0.2) is 9.97 Å². The van der Waals surface area contributed by atoms with Crippen LogP contribution in [-0.4, -0.2) is 66.7 Å². The molecule has 1 amide bonds. The molecule has 3 N–H and O–H groups in total. The second-order valence-corrected chi connectivity index (χ2v) is 8.83. The summed E-state index contributed by atoms with van der Waals surface area (Å²) >= 11 is 0. The molecule has 2 fully saturated rings. The molecule has 12 heteroatoms. The van der Waals surface area contributed by atoms with E-state index >= 15 is 4.39 Å². The number of primary amides is 1. The summed E-state index contributed by atoms with van der Waals surface area (Å²) in [5.41, 5.74) is 5.08. The summed E-state index contributed by atoms with van der Waals surface area (Å²) in [5.74, 6) is -0.522. The van der Waals surface area contributed by atoms with Gasteiger partial charge in [0.2, 0.25) is 11.7 Å². The summed E-state index contributed by atoms with van der Waals surface area (Å²) in [6.45, 7) is 3.11. The smallest absolute Gasteiger partial charge is 0.377 e. The lowest BCUT2D eigenvalue weighted by molar-refractivity contribution is -0.137. The normalized spacial score (nSPS) is 20.1. The number of morpholine rings is 1. The highest BCUT2D eigenvalue weighted by Crippen LogP contribution is 2.34. The second kappa shape index (κ2) is 10.7. The molecule has 1 aromatic carbocycles. The Morgan fingerprint density at radius 2 is 1.86 bits per heavy atom. The topological polar surface area (TPSA) is 96.6 Å². The zero-order valence-corrected chi connectivity index (χ0v) is 19.1. The van der Waals surface area contributed by atoms with Crippen LogP contribution in [-0.2, 0) is 15.7 Å². The van der Waals surface area contributed by atoms with Gasteiger partial charge >= 0.3 is 6.18 Å². The Hall–Kier alpha value is -2.99. The first-order valence-electron chi connectivity index (χ1n) is 11.5. The third kappa shape index (κ3) is 6.17. The maximum atomic E-state index is 15.4. The van der Waals surface area contributed by atoms with Crippen molar-refractivity contribution >= 4 is 17.5 Å². The van der Waals surface area contributed by atoms with Gasteiger partial charge in [0.05, 0.1) is 31.4 Å². The standard InChI is InChI=1S/C23H28F4N6O2/c24-20-21(29-11-15-5-7-32(8-6-15)12-19(28)34)30-14-31-22(20)33-9-10-35-13-18(33)16-1-3-17(4-2-16)23(25,26)27/h1-4,14-15,18H,5-13H2,(H2,28,34)(H,29,30,31)/t18-/m1/s1. The number of hydrogen-bond donors (Lipinski definition) is 2. The van der Waals surface area contributed by atoms with Crippen molar-refractivity contribution in [1.29, 1.82) is 0 Å². The molecular weight excluding hydrogens is 468 g/mol. The first kappa shape index (κ1) is 25.1. The molecule has 190 valence electrons. The maximum Gasteiger partial charge on any atom is 0.416 e. The van der Waals surface area contributed by atoms with E-state index in [1.54, 1.807) is 4.90 Å². The number of likely N-dealkylation sites (tertiary alicyclic amines) is 1. The Kier molecular flexibility index (Phi) is 7.70. The Labute approximate surface area is 200 Å². The SMILES string of the molecule is NC(=O)CN1CCC(CNc2ncnc(N3CCOC[C@@H]3c3ccc(C(F)(F)F)cc3)c2F)CC1. The molecule has 1 aromatic heterocycles. The van der Waals surface area contributed by atoms with Crippen LogP contribution < -0.4 is 16.0 Å². The van der Waals surface area contributed by atoms with Gasteiger partial charge in [0.15, 0.2) is 11.6 Å². The minimum atomic E-state index is -4.43. The van der Waals surface area contributed by atoms with E-state index in [1.807, 2.05) is 4.90 Å². The summed E-state index contributed by atoms with van der Waals surface area (Å²) in [4.78, 5) is 23.0.